The first-order chi connectivity index (χ1) is 15.6. The molecule has 1 fully saturated rings. The number of benzene rings is 1. The van der Waals surface area contributed by atoms with Crippen LogP contribution in [0.3, 0.4) is 0 Å². The zero-order valence-electron chi connectivity index (χ0n) is 16.6. The number of nitrogens with zero attached hydrogens (tertiary/aromatic N) is 5. The predicted molar refractivity (Wildman–Crippen MR) is 102 cm³/mol. The van der Waals surface area contributed by atoms with Gasteiger partial charge in [-0.2, -0.15) is 4.98 Å². The van der Waals surface area contributed by atoms with E-state index in [1.807, 2.05) is 4.90 Å². The van der Waals surface area contributed by atoms with E-state index in [9.17, 15) is 13.2 Å². The lowest BCUT2D eigenvalue weighted by Crippen LogP contribution is -2.44. The maximum atomic E-state index is 12.5. The molecule has 0 amide bonds. The average molecular weight is 467 g/mol. The zero-order chi connectivity index (χ0) is 24.0. The van der Waals surface area contributed by atoms with Crippen molar-refractivity contribution in [3.63, 3.8) is 0 Å². The van der Waals surface area contributed by atoms with Crippen LogP contribution in [0.15, 0.2) is 47.4 Å². The molecular weight excluding hydrogens is 451 g/mol. The van der Waals surface area contributed by atoms with Gasteiger partial charge in [-0.1, -0.05) is 23.4 Å². The van der Waals surface area contributed by atoms with Crippen molar-refractivity contribution in [1.29, 1.82) is 0 Å². The van der Waals surface area contributed by atoms with Gasteiger partial charge >= 0.3 is 18.3 Å². The van der Waals surface area contributed by atoms with Crippen LogP contribution in [-0.4, -0.2) is 66.6 Å². The van der Waals surface area contributed by atoms with E-state index in [-0.39, 0.29) is 11.7 Å². The summed E-state index contributed by atoms with van der Waals surface area (Å²) in [5, 5.41) is 18.7. The van der Waals surface area contributed by atoms with Crippen molar-refractivity contribution in [2.45, 2.75) is 18.8 Å². The van der Waals surface area contributed by atoms with E-state index in [4.69, 9.17) is 24.3 Å². The summed E-state index contributed by atoms with van der Waals surface area (Å²) < 4.78 is 46.9. The molecule has 1 aromatic carbocycles. The second-order valence-corrected chi connectivity index (χ2v) is 6.70. The number of carboxylic acids is 2. The number of alkyl halides is 3. The van der Waals surface area contributed by atoms with E-state index in [1.54, 1.807) is 24.5 Å². The fraction of sp³-hybridized carbons (Fsp3) is 0.263. The molecule has 0 atom stereocenters. The Kier molecular flexibility index (Phi) is 7.17. The number of para-hydroxylation sites is 1. The smallest absolute Gasteiger partial charge is 0.473 e. The number of ether oxygens (including phenoxy) is 1. The second-order valence-electron chi connectivity index (χ2n) is 6.70. The third-order valence-corrected chi connectivity index (χ3v) is 4.32. The highest BCUT2D eigenvalue weighted by atomic mass is 19.4. The average Bonchev–Trinajstić information content (AvgIpc) is 3.21. The first-order valence-electron chi connectivity index (χ1n) is 9.24. The van der Waals surface area contributed by atoms with Crippen LogP contribution in [0.1, 0.15) is 17.4 Å². The van der Waals surface area contributed by atoms with Gasteiger partial charge in [-0.05, 0) is 6.07 Å². The lowest BCUT2D eigenvalue weighted by Gasteiger charge is -2.37. The number of carbonyl (C=O) groups is 2. The molecule has 0 spiro atoms. The highest BCUT2D eigenvalue weighted by Crippen LogP contribution is 2.32. The minimum atomic E-state index is -4.71. The number of likely N-dealkylation sites (tertiary alicyclic amines) is 1. The van der Waals surface area contributed by atoms with Crippen LogP contribution in [0.4, 0.5) is 13.2 Å². The highest BCUT2D eigenvalue weighted by molar-refractivity contribution is 6.27. The molecule has 0 radical (unpaired) electrons. The van der Waals surface area contributed by atoms with Gasteiger partial charge in [0.05, 0.1) is 12.1 Å². The Morgan fingerprint density at radius 2 is 1.85 bits per heavy atom. The molecule has 0 saturated carbocycles. The maximum Gasteiger partial charge on any atom is 0.573 e. The van der Waals surface area contributed by atoms with Crippen molar-refractivity contribution < 1.29 is 42.2 Å². The van der Waals surface area contributed by atoms with Gasteiger partial charge in [-0.25, -0.2) is 14.6 Å². The van der Waals surface area contributed by atoms with E-state index < -0.39 is 18.3 Å². The minimum absolute atomic E-state index is 0.0265. The lowest BCUT2D eigenvalue weighted by molar-refractivity contribution is -0.275. The first kappa shape index (κ1) is 23.6. The molecule has 3 aromatic rings. The van der Waals surface area contributed by atoms with Gasteiger partial charge in [-0.3, -0.25) is 9.88 Å². The van der Waals surface area contributed by atoms with Crippen LogP contribution in [0.25, 0.3) is 11.5 Å². The Hall–Kier alpha value is -4.07. The maximum absolute atomic E-state index is 12.5. The molecule has 2 N–H and O–H groups in total. The Bertz CT molecular complexity index is 1090. The topological polar surface area (TPSA) is 152 Å². The molecule has 14 heteroatoms. The van der Waals surface area contributed by atoms with Crippen molar-refractivity contribution in [1.82, 2.24) is 25.0 Å². The first-order valence-corrected chi connectivity index (χ1v) is 9.24. The van der Waals surface area contributed by atoms with Crippen LogP contribution < -0.4 is 4.74 Å². The molecule has 1 aliphatic rings. The number of aromatic nitrogens is 4. The number of halogens is 3. The summed E-state index contributed by atoms with van der Waals surface area (Å²) in [6, 6.07) is 6.12. The van der Waals surface area contributed by atoms with E-state index in [2.05, 4.69) is 24.8 Å². The summed E-state index contributed by atoms with van der Waals surface area (Å²) in [5.41, 5.74) is 0.987. The van der Waals surface area contributed by atoms with Crippen molar-refractivity contribution >= 4 is 11.9 Å². The normalized spacial score (nSPS) is 14.0. The molecule has 33 heavy (non-hydrogen) atoms. The number of hydrogen-bond donors (Lipinski definition) is 2. The number of rotatable bonds is 5. The molecule has 174 valence electrons. The molecule has 0 bridgehead atoms. The van der Waals surface area contributed by atoms with Gasteiger partial charge < -0.3 is 19.5 Å². The van der Waals surface area contributed by atoms with Gasteiger partial charge in [-0.15, -0.1) is 13.2 Å². The number of aliphatic carboxylic acids is 2. The van der Waals surface area contributed by atoms with Crippen LogP contribution in [0.2, 0.25) is 0 Å². The summed E-state index contributed by atoms with van der Waals surface area (Å²) in [4.78, 5) is 32.6. The van der Waals surface area contributed by atoms with Gasteiger partial charge in [0.25, 0.3) is 0 Å². The van der Waals surface area contributed by atoms with E-state index in [0.717, 1.165) is 0 Å². The van der Waals surface area contributed by atoms with Gasteiger partial charge in [0.1, 0.15) is 11.4 Å². The Balaban J connectivity index is 0.000000454. The van der Waals surface area contributed by atoms with Crippen LogP contribution in [-0.2, 0) is 16.1 Å². The fourth-order valence-corrected chi connectivity index (χ4v) is 2.87. The fourth-order valence-electron chi connectivity index (χ4n) is 2.87. The number of hydrogen-bond acceptors (Lipinski definition) is 9. The minimum Gasteiger partial charge on any atom is -0.473 e. The Labute approximate surface area is 183 Å². The summed E-state index contributed by atoms with van der Waals surface area (Å²) in [6.07, 6.45) is -0.0844. The van der Waals surface area contributed by atoms with Gasteiger partial charge in [0.15, 0.2) is 0 Å². The molecule has 3 heterocycles. The Morgan fingerprint density at radius 3 is 2.45 bits per heavy atom. The van der Waals surface area contributed by atoms with Gasteiger partial charge in [0, 0.05) is 37.6 Å². The summed E-state index contributed by atoms with van der Waals surface area (Å²) in [6.45, 7) is 1.54. The molecule has 0 aliphatic carbocycles. The van der Waals surface area contributed by atoms with E-state index in [0.29, 0.717) is 42.6 Å². The molecule has 11 nitrogen and oxygen atoms in total. The van der Waals surface area contributed by atoms with E-state index in [1.165, 1.54) is 18.3 Å². The van der Waals surface area contributed by atoms with Crippen molar-refractivity contribution in [3.05, 3.63) is 54.3 Å². The monoisotopic (exact) mass is 467 g/mol. The molecule has 1 aliphatic heterocycles. The predicted octanol–water partition coefficient (Wildman–Crippen LogP) is 2.18. The van der Waals surface area contributed by atoms with Crippen LogP contribution in [0, 0.1) is 0 Å². The summed E-state index contributed by atoms with van der Waals surface area (Å²) in [7, 11) is 0. The zero-order valence-corrected chi connectivity index (χ0v) is 16.6. The Morgan fingerprint density at radius 1 is 1.15 bits per heavy atom. The third-order valence-electron chi connectivity index (χ3n) is 4.32. The molecule has 1 saturated heterocycles. The summed E-state index contributed by atoms with van der Waals surface area (Å²) >= 11 is 0. The standard InChI is InChI=1S/C17H14F3N5O2.C2H2O4/c18-17(19,20)26-14-4-2-1-3-11(14)8-25-9-12(10-25)16-23-15(24-27-16)13-7-21-5-6-22-13;3-1(4)2(5)6/h1-7,12H,8-10H2;(H,3,4)(H,5,6). The van der Waals surface area contributed by atoms with Crippen molar-refractivity contribution in [3.8, 4) is 17.3 Å². The van der Waals surface area contributed by atoms with Gasteiger partial charge in [0.2, 0.25) is 11.7 Å². The molecule has 2 aromatic heterocycles. The van der Waals surface area contributed by atoms with Crippen molar-refractivity contribution in [2.24, 2.45) is 0 Å². The second kappa shape index (κ2) is 10.0. The lowest BCUT2D eigenvalue weighted by atomic mass is 9.99. The highest BCUT2D eigenvalue weighted by Gasteiger charge is 2.35. The van der Waals surface area contributed by atoms with Crippen molar-refractivity contribution in [2.75, 3.05) is 13.1 Å². The van der Waals surface area contributed by atoms with E-state index >= 15 is 0 Å². The SMILES string of the molecule is FC(F)(F)Oc1ccccc1CN1CC(c2nc(-c3cnccn3)no2)C1.O=C(O)C(=O)O. The van der Waals surface area contributed by atoms with Crippen LogP contribution in [0.5, 0.6) is 5.75 Å². The quantitative estimate of drug-likeness (QED) is 0.531. The van der Waals surface area contributed by atoms with Crippen LogP contribution >= 0.6 is 0 Å². The largest absolute Gasteiger partial charge is 0.573 e. The summed E-state index contributed by atoms with van der Waals surface area (Å²) in [5.74, 6) is -2.97. The molecule has 0 unspecified atom stereocenters. The molecule has 4 rings (SSSR count). The molecular formula is C19H16F3N5O6. The number of carboxylic acid groups (broad SMARTS) is 2. The third kappa shape index (κ3) is 6.70.